The number of hydroxylamine groups is 2. The number of nitrogens with one attached hydrogen (secondary N) is 1. The van der Waals surface area contributed by atoms with Gasteiger partial charge in [0.15, 0.2) is 0 Å². The minimum absolute atomic E-state index is 0.251. The van der Waals surface area contributed by atoms with Gasteiger partial charge in [0.25, 0.3) is 5.91 Å². The summed E-state index contributed by atoms with van der Waals surface area (Å²) in [6, 6.07) is 5.86. The molecule has 6 nitrogen and oxygen atoms in total. The fourth-order valence-electron chi connectivity index (χ4n) is 4.13. The normalized spacial score (nSPS) is 21.8. The van der Waals surface area contributed by atoms with Crippen molar-refractivity contribution in [3.05, 3.63) is 40.1 Å². The Labute approximate surface area is 182 Å². The van der Waals surface area contributed by atoms with Crippen LogP contribution in [0.1, 0.15) is 63.5 Å². The maximum absolute atomic E-state index is 13.2. The Morgan fingerprint density at radius 2 is 1.90 bits per heavy atom. The summed E-state index contributed by atoms with van der Waals surface area (Å²) < 4.78 is 5.96. The van der Waals surface area contributed by atoms with Gasteiger partial charge in [-0.3, -0.25) is 9.59 Å². The van der Waals surface area contributed by atoms with Crippen molar-refractivity contribution < 1.29 is 19.2 Å². The van der Waals surface area contributed by atoms with Gasteiger partial charge < -0.3 is 14.9 Å². The van der Waals surface area contributed by atoms with Gasteiger partial charge in [-0.25, -0.2) is 0 Å². The average Bonchev–Trinajstić information content (AvgIpc) is 3.50. The van der Waals surface area contributed by atoms with Crippen LogP contribution in [0.3, 0.4) is 0 Å². The largest absolute Gasteiger partial charge is 0.427 e. The highest BCUT2D eigenvalue weighted by Gasteiger charge is 2.50. The highest BCUT2D eigenvalue weighted by atomic mass is 35.5. The monoisotopic (exact) mass is 432 g/mol. The second kappa shape index (κ2) is 7.66. The Bertz CT molecular complexity index is 906. The summed E-state index contributed by atoms with van der Waals surface area (Å²) in [6.45, 7) is 6.65. The summed E-state index contributed by atoms with van der Waals surface area (Å²) in [5, 5.41) is 5.47. The molecular formula is C23H29ClN2O4. The van der Waals surface area contributed by atoms with E-state index in [0.717, 1.165) is 0 Å². The lowest BCUT2D eigenvalue weighted by Gasteiger charge is -2.39. The van der Waals surface area contributed by atoms with Crippen molar-refractivity contribution in [2.45, 2.75) is 57.9 Å². The Balaban J connectivity index is 1.78. The van der Waals surface area contributed by atoms with E-state index in [0.29, 0.717) is 53.8 Å². The van der Waals surface area contributed by atoms with Crippen molar-refractivity contribution in [3.63, 3.8) is 0 Å². The zero-order chi connectivity index (χ0) is 21.7. The molecule has 2 heterocycles. The zero-order valence-corrected chi connectivity index (χ0v) is 18.8. The molecule has 1 aromatic rings. The number of esters is 1. The minimum atomic E-state index is -0.735. The van der Waals surface area contributed by atoms with Crippen LogP contribution >= 0.6 is 11.6 Å². The van der Waals surface area contributed by atoms with Crippen molar-refractivity contribution in [2.75, 3.05) is 20.2 Å². The van der Waals surface area contributed by atoms with E-state index < -0.39 is 11.0 Å². The third-order valence-corrected chi connectivity index (χ3v) is 6.51. The highest BCUT2D eigenvalue weighted by molar-refractivity contribution is 6.35. The number of carbonyl (C=O) groups excluding carboxylic acids is 2. The van der Waals surface area contributed by atoms with E-state index in [4.69, 9.17) is 21.2 Å². The fraction of sp³-hybridized carbons (Fsp3) is 0.565. The number of carbonyl (C=O) groups is 2. The summed E-state index contributed by atoms with van der Waals surface area (Å²) in [5.74, 6) is 0.333. The maximum Gasteiger partial charge on any atom is 0.316 e. The molecular weight excluding hydrogens is 404 g/mol. The predicted octanol–water partition coefficient (Wildman–Crippen LogP) is 4.04. The number of halogens is 1. The zero-order valence-electron chi connectivity index (χ0n) is 18.0. The predicted molar refractivity (Wildman–Crippen MR) is 115 cm³/mol. The SMILES string of the molecule is CON1CCC2(CC1)NC(=O)C(c1ccc(C3CC3)cc1Cl)=C2OC(=O)C(C)(C)C. The van der Waals surface area contributed by atoms with Gasteiger partial charge in [0, 0.05) is 23.7 Å². The summed E-state index contributed by atoms with van der Waals surface area (Å²) in [7, 11) is 1.63. The van der Waals surface area contributed by atoms with Crippen LogP contribution in [0.5, 0.6) is 0 Å². The Kier molecular flexibility index (Phi) is 5.45. The number of piperidine rings is 1. The molecule has 1 saturated heterocycles. The Hall–Kier alpha value is -1.89. The molecule has 1 aromatic carbocycles. The molecule has 0 bridgehead atoms. The first-order valence-corrected chi connectivity index (χ1v) is 10.9. The molecule has 4 rings (SSSR count). The van der Waals surface area contributed by atoms with E-state index in [1.807, 2.05) is 23.3 Å². The van der Waals surface area contributed by atoms with Crippen LogP contribution in [0.15, 0.2) is 24.0 Å². The molecule has 0 unspecified atom stereocenters. The summed E-state index contributed by atoms with van der Waals surface area (Å²) in [5.41, 5.74) is 0.741. The molecule has 0 atom stereocenters. The van der Waals surface area contributed by atoms with Gasteiger partial charge in [-0.1, -0.05) is 23.7 Å². The maximum atomic E-state index is 13.2. The van der Waals surface area contributed by atoms with Crippen molar-refractivity contribution in [1.82, 2.24) is 10.4 Å². The van der Waals surface area contributed by atoms with Crippen molar-refractivity contribution in [3.8, 4) is 0 Å². The number of rotatable bonds is 4. The summed E-state index contributed by atoms with van der Waals surface area (Å²) in [6.07, 6.45) is 3.51. The second-order valence-corrected chi connectivity index (χ2v) is 9.91. The van der Waals surface area contributed by atoms with E-state index >= 15 is 0 Å². The first-order chi connectivity index (χ1) is 14.1. The van der Waals surface area contributed by atoms with Crippen LogP contribution in [-0.2, 0) is 19.2 Å². The molecule has 1 amide bonds. The molecule has 1 spiro atoms. The molecule has 30 heavy (non-hydrogen) atoms. The smallest absolute Gasteiger partial charge is 0.316 e. The van der Waals surface area contributed by atoms with Crippen LogP contribution in [0.4, 0.5) is 0 Å². The minimum Gasteiger partial charge on any atom is -0.427 e. The number of hydrogen-bond acceptors (Lipinski definition) is 5. The van der Waals surface area contributed by atoms with E-state index in [1.54, 1.807) is 27.9 Å². The summed E-state index contributed by atoms with van der Waals surface area (Å²) >= 11 is 6.63. The van der Waals surface area contributed by atoms with Gasteiger partial charge in [0.1, 0.15) is 11.3 Å². The molecule has 2 fully saturated rings. The fourth-order valence-corrected chi connectivity index (χ4v) is 4.41. The molecule has 1 saturated carbocycles. The molecule has 162 valence electrons. The van der Waals surface area contributed by atoms with Crippen molar-refractivity contribution in [2.24, 2.45) is 5.41 Å². The van der Waals surface area contributed by atoms with Gasteiger partial charge in [-0.15, -0.1) is 0 Å². The number of amides is 1. The number of benzene rings is 1. The lowest BCUT2D eigenvalue weighted by Crippen LogP contribution is -2.53. The molecule has 3 aliphatic rings. The average molecular weight is 433 g/mol. The molecule has 2 aliphatic heterocycles. The Morgan fingerprint density at radius 3 is 2.43 bits per heavy atom. The van der Waals surface area contributed by atoms with Gasteiger partial charge in [0.05, 0.1) is 18.1 Å². The van der Waals surface area contributed by atoms with E-state index in [1.165, 1.54) is 18.4 Å². The van der Waals surface area contributed by atoms with E-state index in [9.17, 15) is 9.59 Å². The lowest BCUT2D eigenvalue weighted by atomic mass is 9.85. The summed E-state index contributed by atoms with van der Waals surface area (Å²) in [4.78, 5) is 31.3. The first kappa shape index (κ1) is 21.3. The second-order valence-electron chi connectivity index (χ2n) is 9.51. The Morgan fingerprint density at radius 1 is 1.23 bits per heavy atom. The molecule has 1 N–H and O–H groups in total. The molecule has 0 radical (unpaired) electrons. The van der Waals surface area contributed by atoms with E-state index in [2.05, 4.69) is 5.32 Å². The number of hydrogen-bond donors (Lipinski definition) is 1. The van der Waals surface area contributed by atoms with Crippen molar-refractivity contribution >= 4 is 29.1 Å². The third kappa shape index (κ3) is 3.88. The third-order valence-electron chi connectivity index (χ3n) is 6.19. The van der Waals surface area contributed by atoms with Crippen LogP contribution in [-0.4, -0.2) is 42.7 Å². The van der Waals surface area contributed by atoms with Gasteiger partial charge in [-0.2, -0.15) is 5.06 Å². The van der Waals surface area contributed by atoms with Crippen LogP contribution in [0.25, 0.3) is 5.57 Å². The van der Waals surface area contributed by atoms with Crippen LogP contribution in [0, 0.1) is 5.41 Å². The lowest BCUT2D eigenvalue weighted by molar-refractivity contribution is -0.159. The molecule has 1 aliphatic carbocycles. The first-order valence-electron chi connectivity index (χ1n) is 10.5. The van der Waals surface area contributed by atoms with Crippen LogP contribution in [0.2, 0.25) is 5.02 Å². The van der Waals surface area contributed by atoms with Crippen LogP contribution < -0.4 is 5.32 Å². The molecule has 0 aromatic heterocycles. The van der Waals surface area contributed by atoms with E-state index in [-0.39, 0.29) is 11.9 Å². The topological polar surface area (TPSA) is 67.9 Å². The molecule has 7 heteroatoms. The van der Waals surface area contributed by atoms with Gasteiger partial charge in [-0.05, 0) is 64.0 Å². The number of nitrogens with zero attached hydrogens (tertiary/aromatic N) is 1. The standard InChI is InChI=1S/C23H29ClN2O4/c1-22(2,3)21(28)30-19-18(16-8-7-15(13-17(16)24)14-5-6-14)20(27)25-23(19)9-11-26(29-4)12-10-23/h7-8,13-14H,5-6,9-12H2,1-4H3,(H,25,27). The quantitative estimate of drug-likeness (QED) is 0.727. The number of ether oxygens (including phenoxy) is 1. The van der Waals surface area contributed by atoms with Gasteiger partial charge in [0.2, 0.25) is 0 Å². The van der Waals surface area contributed by atoms with Crippen molar-refractivity contribution in [1.29, 1.82) is 0 Å². The highest BCUT2D eigenvalue weighted by Crippen LogP contribution is 2.45. The van der Waals surface area contributed by atoms with Gasteiger partial charge >= 0.3 is 5.97 Å².